The number of rotatable bonds is 33. The SMILES string of the molecule is CCCCCCCCC/C=C\C(CCCCCCCCC(=O)NCC(=O)NC(CO)C(=O)O)OC(=O)CCCCCCCCCC. The highest BCUT2D eigenvalue weighted by molar-refractivity contribution is 5.87. The Morgan fingerprint density at radius 3 is 1.70 bits per heavy atom. The van der Waals surface area contributed by atoms with Crippen LogP contribution in [0.15, 0.2) is 12.2 Å². The number of aliphatic carboxylic acids is 1. The number of aliphatic hydroxyl groups excluding tert-OH is 1. The highest BCUT2D eigenvalue weighted by Crippen LogP contribution is 2.16. The maximum Gasteiger partial charge on any atom is 0.328 e. The Bertz CT molecular complexity index is 803. The standard InChI is InChI=1S/C37H68N2O7/c1-3-5-7-9-11-13-14-18-22-26-32(46-36(43)29-25-21-15-12-10-8-6-4-2)27-23-19-16-17-20-24-28-34(41)38-30-35(42)39-33(31-40)37(44)45/h22,26,32-33,40H,3-21,23-25,27-31H2,1-2H3,(H,38,41)(H,39,42)(H,44,45)/b26-22-. The molecule has 0 radical (unpaired) electrons. The number of unbranched alkanes of at least 4 members (excludes halogenated alkanes) is 19. The minimum absolute atomic E-state index is 0.0811. The molecule has 0 aromatic heterocycles. The number of hydrogen-bond donors (Lipinski definition) is 4. The van der Waals surface area contributed by atoms with Gasteiger partial charge in [0.1, 0.15) is 12.1 Å². The Hall–Kier alpha value is -2.42. The largest absolute Gasteiger partial charge is 0.480 e. The third kappa shape index (κ3) is 29.0. The Kier molecular flexibility index (Phi) is 30.8. The van der Waals surface area contributed by atoms with Gasteiger partial charge in [0.25, 0.3) is 0 Å². The first kappa shape index (κ1) is 43.6. The zero-order valence-electron chi connectivity index (χ0n) is 29.3. The number of allylic oxidation sites excluding steroid dienone is 1. The second kappa shape index (κ2) is 32.5. The van der Waals surface area contributed by atoms with Gasteiger partial charge in [-0.15, -0.1) is 0 Å². The van der Waals surface area contributed by atoms with Crippen LogP contribution >= 0.6 is 0 Å². The monoisotopic (exact) mass is 653 g/mol. The third-order valence-electron chi connectivity index (χ3n) is 8.25. The molecule has 0 aromatic rings. The van der Waals surface area contributed by atoms with Crippen LogP contribution in [0.4, 0.5) is 0 Å². The topological polar surface area (TPSA) is 142 Å². The molecule has 268 valence electrons. The van der Waals surface area contributed by atoms with Gasteiger partial charge in [0, 0.05) is 12.8 Å². The van der Waals surface area contributed by atoms with Gasteiger partial charge >= 0.3 is 11.9 Å². The Morgan fingerprint density at radius 2 is 1.15 bits per heavy atom. The molecular formula is C37H68N2O7. The van der Waals surface area contributed by atoms with Crippen molar-refractivity contribution in [2.45, 2.75) is 187 Å². The molecule has 0 aliphatic heterocycles. The van der Waals surface area contributed by atoms with Crippen molar-refractivity contribution < 1.29 is 34.1 Å². The molecule has 4 N–H and O–H groups in total. The van der Waals surface area contributed by atoms with E-state index >= 15 is 0 Å². The molecule has 0 spiro atoms. The predicted molar refractivity (Wildman–Crippen MR) is 185 cm³/mol. The van der Waals surface area contributed by atoms with Gasteiger partial charge in [0.05, 0.1) is 13.2 Å². The van der Waals surface area contributed by atoms with Crippen LogP contribution in [0.5, 0.6) is 0 Å². The summed E-state index contributed by atoms with van der Waals surface area (Å²) in [4.78, 5) is 47.1. The first-order valence-corrected chi connectivity index (χ1v) is 18.6. The van der Waals surface area contributed by atoms with E-state index in [0.717, 1.165) is 57.8 Å². The summed E-state index contributed by atoms with van der Waals surface area (Å²) < 4.78 is 5.89. The van der Waals surface area contributed by atoms with Gasteiger partial charge in [-0.2, -0.15) is 0 Å². The fourth-order valence-electron chi connectivity index (χ4n) is 5.33. The summed E-state index contributed by atoms with van der Waals surface area (Å²) >= 11 is 0. The highest BCUT2D eigenvalue weighted by atomic mass is 16.5. The highest BCUT2D eigenvalue weighted by Gasteiger charge is 2.18. The maximum atomic E-state index is 12.6. The second-order valence-corrected chi connectivity index (χ2v) is 12.7. The molecule has 0 aromatic carbocycles. The lowest BCUT2D eigenvalue weighted by atomic mass is 10.0. The van der Waals surface area contributed by atoms with E-state index < -0.39 is 24.5 Å². The summed E-state index contributed by atoms with van der Waals surface area (Å²) in [6, 6.07) is -1.38. The Labute approximate surface area is 280 Å². The average molecular weight is 653 g/mol. The molecule has 0 saturated heterocycles. The lowest BCUT2D eigenvalue weighted by Crippen LogP contribution is -2.47. The number of carboxylic acids is 1. The predicted octanol–water partition coefficient (Wildman–Crippen LogP) is 7.92. The van der Waals surface area contributed by atoms with Gasteiger partial charge < -0.3 is 25.6 Å². The molecule has 9 nitrogen and oxygen atoms in total. The maximum absolute atomic E-state index is 12.6. The number of ether oxygens (including phenoxy) is 1. The molecule has 2 unspecified atom stereocenters. The molecular weight excluding hydrogens is 584 g/mol. The molecule has 0 aliphatic carbocycles. The molecule has 2 amide bonds. The van der Waals surface area contributed by atoms with Gasteiger partial charge in [-0.25, -0.2) is 4.79 Å². The smallest absolute Gasteiger partial charge is 0.328 e. The van der Waals surface area contributed by atoms with Crippen LogP contribution in [0.25, 0.3) is 0 Å². The molecule has 0 heterocycles. The number of amides is 2. The Morgan fingerprint density at radius 1 is 0.652 bits per heavy atom. The quantitative estimate of drug-likeness (QED) is 0.0320. The normalized spacial score (nSPS) is 12.6. The average Bonchev–Trinajstić information content (AvgIpc) is 3.03. The number of carboxylic acid groups (broad SMARTS) is 1. The lowest BCUT2D eigenvalue weighted by molar-refractivity contribution is -0.147. The number of hydrogen-bond acceptors (Lipinski definition) is 6. The molecule has 0 fully saturated rings. The molecule has 9 heteroatoms. The van der Waals surface area contributed by atoms with E-state index in [-0.39, 0.29) is 24.5 Å². The van der Waals surface area contributed by atoms with E-state index in [0.29, 0.717) is 19.3 Å². The van der Waals surface area contributed by atoms with Crippen molar-refractivity contribution in [3.63, 3.8) is 0 Å². The van der Waals surface area contributed by atoms with E-state index in [1.807, 2.05) is 0 Å². The van der Waals surface area contributed by atoms with E-state index in [9.17, 15) is 19.2 Å². The molecule has 0 saturated carbocycles. The van der Waals surface area contributed by atoms with Crippen molar-refractivity contribution in [3.05, 3.63) is 12.2 Å². The zero-order valence-corrected chi connectivity index (χ0v) is 29.3. The summed E-state index contributed by atoms with van der Waals surface area (Å²) in [7, 11) is 0. The summed E-state index contributed by atoms with van der Waals surface area (Å²) in [5, 5.41) is 22.4. The van der Waals surface area contributed by atoms with Crippen molar-refractivity contribution in [3.8, 4) is 0 Å². The van der Waals surface area contributed by atoms with Crippen LogP contribution in [0, 0.1) is 0 Å². The molecule has 0 aliphatic rings. The minimum atomic E-state index is -1.38. The zero-order chi connectivity index (χ0) is 34.1. The Balaban J connectivity index is 4.26. The number of carbonyl (C=O) groups excluding carboxylic acids is 3. The summed E-state index contributed by atoms with van der Waals surface area (Å²) in [5.74, 6) is -2.32. The molecule has 0 rings (SSSR count). The number of nitrogens with one attached hydrogen (secondary N) is 2. The van der Waals surface area contributed by atoms with Crippen molar-refractivity contribution in [2.75, 3.05) is 13.2 Å². The lowest BCUT2D eigenvalue weighted by Gasteiger charge is -2.15. The van der Waals surface area contributed by atoms with Crippen molar-refractivity contribution in [1.29, 1.82) is 0 Å². The fourth-order valence-corrected chi connectivity index (χ4v) is 5.33. The third-order valence-corrected chi connectivity index (χ3v) is 8.25. The van der Waals surface area contributed by atoms with Crippen molar-refractivity contribution in [2.24, 2.45) is 0 Å². The molecule has 0 bridgehead atoms. The number of carbonyl (C=O) groups is 4. The molecule has 2 atom stereocenters. The van der Waals surface area contributed by atoms with Crippen LogP contribution in [-0.4, -0.2) is 59.3 Å². The van der Waals surface area contributed by atoms with E-state index in [2.05, 4.69) is 36.6 Å². The van der Waals surface area contributed by atoms with E-state index in [4.69, 9.17) is 14.9 Å². The van der Waals surface area contributed by atoms with Crippen LogP contribution in [0.2, 0.25) is 0 Å². The van der Waals surface area contributed by atoms with Crippen molar-refractivity contribution in [1.82, 2.24) is 10.6 Å². The fraction of sp³-hybridized carbons (Fsp3) is 0.838. The second-order valence-electron chi connectivity index (χ2n) is 12.7. The number of aliphatic hydroxyl groups is 1. The van der Waals surface area contributed by atoms with Crippen LogP contribution in [0.1, 0.15) is 174 Å². The van der Waals surface area contributed by atoms with Gasteiger partial charge in [-0.05, 0) is 44.6 Å². The summed E-state index contributed by atoms with van der Waals surface area (Å²) in [5.41, 5.74) is 0. The van der Waals surface area contributed by atoms with Gasteiger partial charge in [-0.1, -0.05) is 129 Å². The minimum Gasteiger partial charge on any atom is -0.480 e. The van der Waals surface area contributed by atoms with Crippen LogP contribution in [0.3, 0.4) is 0 Å². The van der Waals surface area contributed by atoms with E-state index in [1.165, 1.54) is 83.5 Å². The van der Waals surface area contributed by atoms with E-state index in [1.54, 1.807) is 0 Å². The van der Waals surface area contributed by atoms with Gasteiger partial charge in [0.2, 0.25) is 11.8 Å². The first-order chi connectivity index (χ1) is 22.3. The van der Waals surface area contributed by atoms with Gasteiger partial charge in [0.15, 0.2) is 0 Å². The molecule has 46 heavy (non-hydrogen) atoms. The number of esters is 1. The first-order valence-electron chi connectivity index (χ1n) is 18.6. The summed E-state index contributed by atoms with van der Waals surface area (Å²) in [6.45, 7) is 3.44. The van der Waals surface area contributed by atoms with Gasteiger partial charge in [-0.3, -0.25) is 14.4 Å². The van der Waals surface area contributed by atoms with Crippen LogP contribution in [-0.2, 0) is 23.9 Å². The summed E-state index contributed by atoms with van der Waals surface area (Å²) in [6.07, 6.45) is 31.1. The van der Waals surface area contributed by atoms with Crippen molar-refractivity contribution >= 4 is 23.8 Å². The van der Waals surface area contributed by atoms with Crippen LogP contribution < -0.4 is 10.6 Å².